The maximum Gasteiger partial charge on any atom is 0.342 e. The van der Waals surface area contributed by atoms with Crippen molar-refractivity contribution in [3.05, 3.63) is 41.0 Å². The van der Waals surface area contributed by atoms with Gasteiger partial charge in [-0.3, -0.25) is 14.9 Å². The zero-order chi connectivity index (χ0) is 17.0. The molecule has 0 saturated carbocycles. The molecule has 7 nitrogen and oxygen atoms in total. The van der Waals surface area contributed by atoms with Crippen molar-refractivity contribution in [2.45, 2.75) is 6.92 Å². The molecule has 0 spiro atoms. The summed E-state index contributed by atoms with van der Waals surface area (Å²) in [6.45, 7) is 1.69. The highest BCUT2D eigenvalue weighted by atomic mass is 16.5. The molecular weight excluding hydrogens is 312 g/mol. The Kier molecular flexibility index (Phi) is 2.86. The second-order valence-electron chi connectivity index (χ2n) is 5.40. The standard InChI is InChI=1S/C17H12N2O5/c1-2-24-17(23)12-10-11(16(22)19-15(10)21)13-9(14(12)20)7-5-3-4-6-8(7)18-13/h3-6,18,20H,2H2,1H3,(H,19,21,22). The third-order valence-electron chi connectivity index (χ3n) is 4.09. The van der Waals surface area contributed by atoms with Gasteiger partial charge in [-0.05, 0) is 13.0 Å². The summed E-state index contributed by atoms with van der Waals surface area (Å²) in [6.07, 6.45) is 0. The van der Waals surface area contributed by atoms with E-state index in [9.17, 15) is 19.5 Å². The average Bonchev–Trinajstić information content (AvgIpc) is 3.06. The highest BCUT2D eigenvalue weighted by Gasteiger charge is 2.38. The number of hydrogen-bond acceptors (Lipinski definition) is 5. The molecule has 7 heteroatoms. The Morgan fingerprint density at radius 2 is 1.88 bits per heavy atom. The molecule has 0 fully saturated rings. The lowest BCUT2D eigenvalue weighted by Crippen LogP contribution is -2.21. The van der Waals surface area contributed by atoms with E-state index in [2.05, 4.69) is 10.3 Å². The topological polar surface area (TPSA) is 108 Å². The van der Waals surface area contributed by atoms with E-state index in [1.165, 1.54) is 0 Å². The van der Waals surface area contributed by atoms with Crippen LogP contribution in [0.2, 0.25) is 0 Å². The lowest BCUT2D eigenvalue weighted by atomic mass is 9.96. The summed E-state index contributed by atoms with van der Waals surface area (Å²) in [4.78, 5) is 39.7. The van der Waals surface area contributed by atoms with Gasteiger partial charge in [-0.1, -0.05) is 18.2 Å². The van der Waals surface area contributed by atoms with Gasteiger partial charge >= 0.3 is 5.97 Å². The van der Waals surface area contributed by atoms with E-state index in [1.54, 1.807) is 31.2 Å². The minimum atomic E-state index is -0.844. The summed E-state index contributed by atoms with van der Waals surface area (Å²) in [5.74, 6) is -2.56. The Balaban J connectivity index is 2.23. The fourth-order valence-electron chi connectivity index (χ4n) is 3.15. The fourth-order valence-corrected chi connectivity index (χ4v) is 3.15. The smallest absolute Gasteiger partial charge is 0.342 e. The number of aromatic amines is 1. The largest absolute Gasteiger partial charge is 0.506 e. The van der Waals surface area contributed by atoms with E-state index in [0.29, 0.717) is 21.8 Å². The molecule has 0 unspecified atom stereocenters. The van der Waals surface area contributed by atoms with E-state index in [0.717, 1.165) is 0 Å². The number of hydrogen-bond donors (Lipinski definition) is 3. The van der Waals surface area contributed by atoms with Gasteiger partial charge in [-0.15, -0.1) is 0 Å². The van der Waals surface area contributed by atoms with Crippen LogP contribution < -0.4 is 5.32 Å². The van der Waals surface area contributed by atoms with Crippen LogP contribution in [0.3, 0.4) is 0 Å². The van der Waals surface area contributed by atoms with Crippen molar-refractivity contribution < 1.29 is 24.2 Å². The molecule has 0 atom stereocenters. The van der Waals surface area contributed by atoms with Crippen molar-refractivity contribution in [2.24, 2.45) is 0 Å². The Hall–Kier alpha value is -3.35. The van der Waals surface area contributed by atoms with E-state index < -0.39 is 17.8 Å². The summed E-state index contributed by atoms with van der Waals surface area (Å²) >= 11 is 0. The number of fused-ring (bicyclic) bond motifs is 5. The Bertz CT molecular complexity index is 1060. The van der Waals surface area contributed by atoms with Gasteiger partial charge in [0.1, 0.15) is 11.3 Å². The van der Waals surface area contributed by atoms with Crippen molar-refractivity contribution in [1.29, 1.82) is 0 Å². The number of ether oxygens (including phenoxy) is 1. The van der Waals surface area contributed by atoms with Crippen LogP contribution in [0.4, 0.5) is 0 Å². The minimum Gasteiger partial charge on any atom is -0.506 e. The molecule has 0 aliphatic carbocycles. The molecule has 1 aliphatic heterocycles. The first-order valence-electron chi connectivity index (χ1n) is 7.36. The molecule has 1 aromatic heterocycles. The van der Waals surface area contributed by atoms with Crippen LogP contribution in [-0.4, -0.2) is 34.5 Å². The van der Waals surface area contributed by atoms with Crippen LogP contribution in [-0.2, 0) is 4.74 Å². The molecular formula is C17H12N2O5. The lowest BCUT2D eigenvalue weighted by molar-refractivity contribution is 0.0519. The van der Waals surface area contributed by atoms with Crippen molar-refractivity contribution in [3.63, 3.8) is 0 Å². The second kappa shape index (κ2) is 4.82. The van der Waals surface area contributed by atoms with E-state index >= 15 is 0 Å². The van der Waals surface area contributed by atoms with E-state index in [-0.39, 0.29) is 29.0 Å². The zero-order valence-corrected chi connectivity index (χ0v) is 12.6. The first-order valence-corrected chi connectivity index (χ1v) is 7.36. The quantitative estimate of drug-likeness (QED) is 0.494. The average molecular weight is 324 g/mol. The summed E-state index contributed by atoms with van der Waals surface area (Å²) in [5.41, 5.74) is 0.604. The second-order valence-corrected chi connectivity index (χ2v) is 5.40. The Morgan fingerprint density at radius 1 is 1.17 bits per heavy atom. The number of para-hydroxylation sites is 1. The van der Waals surface area contributed by atoms with Crippen LogP contribution in [0.1, 0.15) is 38.0 Å². The first kappa shape index (κ1) is 14.3. The number of rotatable bonds is 2. The number of aromatic hydroxyl groups is 1. The number of imide groups is 1. The predicted molar refractivity (Wildman–Crippen MR) is 85.2 cm³/mol. The third kappa shape index (κ3) is 1.69. The van der Waals surface area contributed by atoms with E-state index in [4.69, 9.17) is 4.74 Å². The van der Waals surface area contributed by atoms with Crippen LogP contribution in [0.25, 0.3) is 21.8 Å². The number of esters is 1. The van der Waals surface area contributed by atoms with Gasteiger partial charge in [0.05, 0.1) is 28.6 Å². The van der Waals surface area contributed by atoms with Crippen LogP contribution in [0.5, 0.6) is 5.75 Å². The number of carbonyl (C=O) groups excluding carboxylic acids is 3. The maximum atomic E-state index is 12.3. The predicted octanol–water partition coefficient (Wildman–Crippen LogP) is 2.09. The Morgan fingerprint density at radius 3 is 2.62 bits per heavy atom. The molecule has 2 heterocycles. The number of carbonyl (C=O) groups is 3. The summed E-state index contributed by atoms with van der Waals surface area (Å²) in [6, 6.07) is 7.10. The van der Waals surface area contributed by atoms with Gasteiger partial charge in [-0.25, -0.2) is 4.79 Å². The number of nitrogens with one attached hydrogen (secondary N) is 2. The SMILES string of the molecule is CCOC(=O)c1c2c(c3[nH]c4ccccc4c3c1O)C(=O)NC2=O. The molecule has 0 radical (unpaired) electrons. The normalized spacial score (nSPS) is 13.4. The van der Waals surface area contributed by atoms with Gasteiger partial charge in [0.25, 0.3) is 11.8 Å². The summed E-state index contributed by atoms with van der Waals surface area (Å²) in [7, 11) is 0. The minimum absolute atomic E-state index is 0.0482. The number of H-pyrrole nitrogens is 1. The van der Waals surface area contributed by atoms with Crippen LogP contribution in [0, 0.1) is 0 Å². The van der Waals surface area contributed by atoms with E-state index in [1.807, 2.05) is 0 Å². The highest BCUT2D eigenvalue weighted by Crippen LogP contribution is 2.41. The van der Waals surface area contributed by atoms with Crippen molar-refractivity contribution in [1.82, 2.24) is 10.3 Å². The summed E-state index contributed by atoms with van der Waals surface area (Å²) < 4.78 is 4.95. The van der Waals surface area contributed by atoms with Crippen LogP contribution >= 0.6 is 0 Å². The lowest BCUT2D eigenvalue weighted by Gasteiger charge is -2.10. The molecule has 2 aromatic carbocycles. The molecule has 1 aliphatic rings. The molecule has 4 rings (SSSR count). The first-order chi connectivity index (χ1) is 11.5. The number of aromatic nitrogens is 1. The molecule has 120 valence electrons. The summed E-state index contributed by atoms with van der Waals surface area (Å²) in [5, 5.41) is 13.8. The molecule has 0 bridgehead atoms. The van der Waals surface area contributed by atoms with Gasteiger partial charge in [0.15, 0.2) is 0 Å². The molecule has 24 heavy (non-hydrogen) atoms. The number of phenols is 1. The van der Waals surface area contributed by atoms with Gasteiger partial charge < -0.3 is 14.8 Å². The maximum absolute atomic E-state index is 12.3. The third-order valence-corrected chi connectivity index (χ3v) is 4.09. The van der Waals surface area contributed by atoms with Crippen molar-refractivity contribution >= 4 is 39.6 Å². The molecule has 3 N–H and O–H groups in total. The monoisotopic (exact) mass is 324 g/mol. The fraction of sp³-hybridized carbons (Fsp3) is 0.118. The van der Waals surface area contributed by atoms with Crippen LogP contribution in [0.15, 0.2) is 24.3 Å². The molecule has 2 amide bonds. The van der Waals surface area contributed by atoms with Gasteiger partial charge in [0, 0.05) is 10.9 Å². The Labute approximate surface area is 135 Å². The highest BCUT2D eigenvalue weighted by molar-refractivity contribution is 6.32. The van der Waals surface area contributed by atoms with Gasteiger partial charge in [-0.2, -0.15) is 0 Å². The molecule has 0 saturated heterocycles. The molecule has 3 aromatic rings. The van der Waals surface area contributed by atoms with Crippen molar-refractivity contribution in [3.8, 4) is 5.75 Å². The number of amides is 2. The van der Waals surface area contributed by atoms with Crippen molar-refractivity contribution in [2.75, 3.05) is 6.61 Å². The van der Waals surface area contributed by atoms with Gasteiger partial charge in [0.2, 0.25) is 0 Å². The zero-order valence-electron chi connectivity index (χ0n) is 12.6. The number of benzene rings is 2. The number of phenolic OH excluding ortho intramolecular Hbond substituents is 1.